The summed E-state index contributed by atoms with van der Waals surface area (Å²) < 4.78 is 0. The van der Waals surface area contributed by atoms with Gasteiger partial charge < -0.3 is 10.1 Å². The normalized spacial score (nSPS) is 10.2. The van der Waals surface area contributed by atoms with Crippen molar-refractivity contribution in [2.45, 2.75) is 6.92 Å². The molecule has 0 atom stereocenters. The number of carbonyl (C=O) groups is 2. The molecule has 2 rings (SSSR count). The van der Waals surface area contributed by atoms with E-state index in [0.29, 0.717) is 10.1 Å². The van der Waals surface area contributed by atoms with Gasteiger partial charge in [-0.2, -0.15) is 0 Å². The molecule has 0 unspecified atom stereocenters. The summed E-state index contributed by atoms with van der Waals surface area (Å²) in [6.07, 6.45) is 1.14. The number of anilines is 1. The second kappa shape index (κ2) is 4.29. The molecule has 8 nitrogen and oxygen atoms in total. The molecule has 9 heteroatoms. The van der Waals surface area contributed by atoms with Crippen LogP contribution in [-0.4, -0.2) is 37.1 Å². The molecule has 2 aromatic heterocycles. The van der Waals surface area contributed by atoms with Gasteiger partial charge in [0.1, 0.15) is 5.01 Å². The van der Waals surface area contributed by atoms with Crippen LogP contribution in [0.1, 0.15) is 26.0 Å². The molecule has 0 aliphatic carbocycles. The topological polar surface area (TPSA) is 121 Å². The number of nitrogens with one attached hydrogen (secondary N) is 2. The van der Waals surface area contributed by atoms with Crippen LogP contribution >= 0.6 is 11.3 Å². The Kier molecular flexibility index (Phi) is 2.83. The molecule has 2 aromatic rings. The number of rotatable bonds is 3. The first-order valence-electron chi connectivity index (χ1n) is 4.46. The van der Waals surface area contributed by atoms with Gasteiger partial charge in [0.2, 0.25) is 5.13 Å². The van der Waals surface area contributed by atoms with Crippen LogP contribution in [0, 0.1) is 6.92 Å². The molecule has 1 amide bonds. The Bertz CT molecular complexity index is 575. The quantitative estimate of drug-likeness (QED) is 0.733. The highest BCUT2D eigenvalue weighted by molar-refractivity contribution is 7.15. The molecule has 17 heavy (non-hydrogen) atoms. The minimum Gasteiger partial charge on any atom is -0.477 e. The van der Waals surface area contributed by atoms with Gasteiger partial charge in [0, 0.05) is 0 Å². The van der Waals surface area contributed by atoms with Gasteiger partial charge in [0.05, 0.1) is 6.33 Å². The van der Waals surface area contributed by atoms with Gasteiger partial charge in [-0.15, -0.1) is 10.2 Å². The lowest BCUT2D eigenvalue weighted by Gasteiger charge is -1.98. The van der Waals surface area contributed by atoms with Crippen LogP contribution in [0.2, 0.25) is 0 Å². The highest BCUT2D eigenvalue weighted by Crippen LogP contribution is 2.15. The van der Waals surface area contributed by atoms with Crippen LogP contribution in [0.3, 0.4) is 0 Å². The molecule has 0 fully saturated rings. The van der Waals surface area contributed by atoms with Gasteiger partial charge >= 0.3 is 5.97 Å². The van der Waals surface area contributed by atoms with E-state index in [1.54, 1.807) is 6.92 Å². The summed E-state index contributed by atoms with van der Waals surface area (Å²) in [4.78, 5) is 28.5. The number of carbonyl (C=O) groups excluding carboxylic acids is 1. The summed E-state index contributed by atoms with van der Waals surface area (Å²) in [6, 6.07) is 0. The first-order valence-corrected chi connectivity index (χ1v) is 5.27. The van der Waals surface area contributed by atoms with E-state index >= 15 is 0 Å². The van der Waals surface area contributed by atoms with Crippen LogP contribution in [0.5, 0.6) is 0 Å². The van der Waals surface area contributed by atoms with Gasteiger partial charge in [0.15, 0.2) is 11.4 Å². The van der Waals surface area contributed by atoms with Crippen LogP contribution in [0.4, 0.5) is 5.13 Å². The van der Waals surface area contributed by atoms with E-state index in [0.717, 1.165) is 6.33 Å². The zero-order valence-electron chi connectivity index (χ0n) is 8.59. The average Bonchev–Trinajstić information content (AvgIpc) is 2.86. The number of aromatic nitrogens is 4. The third-order valence-corrected chi connectivity index (χ3v) is 2.57. The Balaban J connectivity index is 2.20. The van der Waals surface area contributed by atoms with Crippen molar-refractivity contribution in [3.05, 3.63) is 22.7 Å². The zero-order valence-corrected chi connectivity index (χ0v) is 9.41. The van der Waals surface area contributed by atoms with Gasteiger partial charge in [-0.25, -0.2) is 9.78 Å². The maximum absolute atomic E-state index is 11.7. The van der Waals surface area contributed by atoms with Gasteiger partial charge in [0.25, 0.3) is 5.91 Å². The molecule has 3 N–H and O–H groups in total. The third kappa shape index (κ3) is 2.28. The number of imidazole rings is 1. The Hall–Kier alpha value is -2.29. The van der Waals surface area contributed by atoms with Crippen molar-refractivity contribution in [3.8, 4) is 0 Å². The molecule has 0 aliphatic heterocycles. The molecule has 0 bridgehead atoms. The van der Waals surface area contributed by atoms with Crippen molar-refractivity contribution in [2.75, 3.05) is 5.32 Å². The third-order valence-electron chi connectivity index (χ3n) is 1.81. The van der Waals surface area contributed by atoms with Crippen molar-refractivity contribution in [3.63, 3.8) is 0 Å². The fourth-order valence-electron chi connectivity index (χ4n) is 1.13. The molecule has 0 saturated carbocycles. The first-order chi connectivity index (χ1) is 8.08. The molecule has 88 valence electrons. The summed E-state index contributed by atoms with van der Waals surface area (Å²) in [7, 11) is 0. The van der Waals surface area contributed by atoms with E-state index in [1.807, 2.05) is 0 Å². The van der Waals surface area contributed by atoms with E-state index in [2.05, 4.69) is 25.5 Å². The lowest BCUT2D eigenvalue weighted by Crippen LogP contribution is -2.16. The predicted octanol–water partition coefficient (Wildman–Crippen LogP) is 0.520. The number of H-pyrrole nitrogens is 1. The van der Waals surface area contributed by atoms with Crippen LogP contribution in [-0.2, 0) is 0 Å². The van der Waals surface area contributed by atoms with Crippen LogP contribution in [0.15, 0.2) is 6.33 Å². The van der Waals surface area contributed by atoms with Crippen molar-refractivity contribution in [1.29, 1.82) is 0 Å². The SMILES string of the molecule is Cc1nnc(NC(=O)c2nc[nH]c2C(=O)O)s1. The van der Waals surface area contributed by atoms with E-state index in [1.165, 1.54) is 11.3 Å². The van der Waals surface area contributed by atoms with Gasteiger partial charge in [-0.3, -0.25) is 10.1 Å². The number of hydrogen-bond donors (Lipinski definition) is 3. The minimum absolute atomic E-state index is 0.189. The Morgan fingerprint density at radius 2 is 2.24 bits per heavy atom. The summed E-state index contributed by atoms with van der Waals surface area (Å²) in [5.74, 6) is -1.89. The Labute approximate surface area is 98.7 Å². The molecule has 0 saturated heterocycles. The fraction of sp³-hybridized carbons (Fsp3) is 0.125. The molecule has 2 heterocycles. The highest BCUT2D eigenvalue weighted by atomic mass is 32.1. The Morgan fingerprint density at radius 3 is 2.82 bits per heavy atom. The summed E-state index contributed by atoms with van der Waals surface area (Å²) >= 11 is 1.19. The van der Waals surface area contributed by atoms with Crippen LogP contribution < -0.4 is 5.32 Å². The van der Waals surface area contributed by atoms with E-state index in [-0.39, 0.29) is 11.4 Å². The molecule has 0 radical (unpaired) electrons. The maximum Gasteiger partial charge on any atom is 0.354 e. The average molecular weight is 253 g/mol. The largest absolute Gasteiger partial charge is 0.477 e. The molecule has 0 aromatic carbocycles. The number of nitrogens with zero attached hydrogens (tertiary/aromatic N) is 3. The maximum atomic E-state index is 11.7. The predicted molar refractivity (Wildman–Crippen MR) is 58.1 cm³/mol. The standard InChI is InChI=1S/C8H7N5O3S/c1-3-12-13-8(17-3)11-6(14)4-5(7(15)16)10-2-9-4/h2H,1H3,(H,9,10)(H,15,16)(H,11,13,14). The van der Waals surface area contributed by atoms with E-state index in [9.17, 15) is 9.59 Å². The van der Waals surface area contributed by atoms with Gasteiger partial charge in [-0.1, -0.05) is 11.3 Å². The Morgan fingerprint density at radius 1 is 1.47 bits per heavy atom. The smallest absolute Gasteiger partial charge is 0.354 e. The number of aromatic amines is 1. The monoisotopic (exact) mass is 253 g/mol. The lowest BCUT2D eigenvalue weighted by atomic mass is 10.3. The highest BCUT2D eigenvalue weighted by Gasteiger charge is 2.20. The molecular formula is C8H7N5O3S. The number of aryl methyl sites for hydroxylation is 1. The first kappa shape index (κ1) is 11.2. The fourth-order valence-corrected chi connectivity index (χ4v) is 1.72. The second-order valence-corrected chi connectivity index (χ2v) is 4.19. The second-order valence-electron chi connectivity index (χ2n) is 3.01. The van der Waals surface area contributed by atoms with Crippen molar-refractivity contribution < 1.29 is 14.7 Å². The zero-order chi connectivity index (χ0) is 12.4. The summed E-state index contributed by atoms with van der Waals surface area (Å²) in [5.41, 5.74) is -0.450. The minimum atomic E-state index is -1.25. The number of hydrogen-bond acceptors (Lipinski definition) is 6. The summed E-state index contributed by atoms with van der Waals surface area (Å²) in [5, 5.41) is 19.6. The number of aromatic carboxylic acids is 1. The van der Waals surface area contributed by atoms with E-state index < -0.39 is 11.9 Å². The lowest BCUT2D eigenvalue weighted by molar-refractivity contribution is 0.0686. The van der Waals surface area contributed by atoms with Gasteiger partial charge in [-0.05, 0) is 6.92 Å². The molecular weight excluding hydrogens is 246 g/mol. The van der Waals surface area contributed by atoms with E-state index in [4.69, 9.17) is 5.11 Å². The summed E-state index contributed by atoms with van der Waals surface area (Å²) in [6.45, 7) is 1.74. The number of carboxylic acids is 1. The van der Waals surface area contributed by atoms with Crippen molar-refractivity contribution in [1.82, 2.24) is 20.2 Å². The van der Waals surface area contributed by atoms with Crippen LogP contribution in [0.25, 0.3) is 0 Å². The molecule has 0 aliphatic rings. The number of carboxylic acid groups (broad SMARTS) is 1. The number of amides is 1. The molecule has 0 spiro atoms. The van der Waals surface area contributed by atoms with Crippen molar-refractivity contribution >= 4 is 28.3 Å². The van der Waals surface area contributed by atoms with Crippen molar-refractivity contribution in [2.24, 2.45) is 0 Å².